The highest BCUT2D eigenvalue weighted by Gasteiger charge is 2.29. The van der Waals surface area contributed by atoms with E-state index in [-0.39, 0.29) is 23.8 Å². The molecule has 0 bridgehead atoms. The second kappa shape index (κ2) is 6.77. The molecule has 2 aliphatic rings. The molecule has 1 aliphatic heterocycles. The van der Waals surface area contributed by atoms with Crippen LogP contribution in [-0.2, 0) is 16.0 Å². The molecule has 116 valence electrons. The van der Waals surface area contributed by atoms with Crippen molar-refractivity contribution < 1.29 is 9.59 Å². The van der Waals surface area contributed by atoms with Crippen molar-refractivity contribution in [3.8, 4) is 0 Å². The Balaban J connectivity index is 1.47. The summed E-state index contributed by atoms with van der Waals surface area (Å²) < 4.78 is 0. The summed E-state index contributed by atoms with van der Waals surface area (Å²) in [6, 6.07) is 9.90. The van der Waals surface area contributed by atoms with Crippen molar-refractivity contribution in [1.82, 2.24) is 10.2 Å². The second-order valence-electron chi connectivity index (χ2n) is 6.14. The van der Waals surface area contributed by atoms with Gasteiger partial charge in [-0.15, -0.1) is 0 Å². The first-order valence-electron chi connectivity index (χ1n) is 7.99. The van der Waals surface area contributed by atoms with Gasteiger partial charge in [0.15, 0.2) is 0 Å². The van der Waals surface area contributed by atoms with E-state index in [1.165, 1.54) is 0 Å². The molecular formula is C18H22N2O2. The summed E-state index contributed by atoms with van der Waals surface area (Å²) in [4.78, 5) is 26.3. The van der Waals surface area contributed by atoms with Crippen LogP contribution in [0.3, 0.4) is 0 Å². The monoisotopic (exact) mass is 298 g/mol. The van der Waals surface area contributed by atoms with Crippen molar-refractivity contribution in [3.63, 3.8) is 0 Å². The van der Waals surface area contributed by atoms with Crippen LogP contribution >= 0.6 is 0 Å². The standard InChI is InChI=1S/C18H22N2O2/c21-17(12-14-6-2-1-3-7-14)20-11-10-16(13-20)19-18(22)15-8-4-5-9-15/h1-7,15-16H,8-13H2,(H,19,22)/t16-/m0/s1. The zero-order valence-electron chi connectivity index (χ0n) is 12.7. The smallest absolute Gasteiger partial charge is 0.227 e. The van der Waals surface area contributed by atoms with E-state index in [0.29, 0.717) is 13.0 Å². The fraction of sp³-hybridized carbons (Fsp3) is 0.444. The summed E-state index contributed by atoms with van der Waals surface area (Å²) in [6.45, 7) is 1.37. The number of nitrogens with zero attached hydrogens (tertiary/aromatic N) is 1. The largest absolute Gasteiger partial charge is 0.351 e. The van der Waals surface area contributed by atoms with E-state index in [1.54, 1.807) is 0 Å². The topological polar surface area (TPSA) is 49.4 Å². The van der Waals surface area contributed by atoms with E-state index in [0.717, 1.165) is 31.4 Å². The van der Waals surface area contributed by atoms with Crippen LogP contribution in [0, 0.1) is 5.92 Å². The number of carbonyl (C=O) groups is 2. The highest BCUT2D eigenvalue weighted by molar-refractivity contribution is 5.81. The van der Waals surface area contributed by atoms with Gasteiger partial charge in [0.05, 0.1) is 6.42 Å². The lowest BCUT2D eigenvalue weighted by molar-refractivity contribution is -0.130. The highest BCUT2D eigenvalue weighted by atomic mass is 16.2. The maximum Gasteiger partial charge on any atom is 0.227 e. The lowest BCUT2D eigenvalue weighted by Gasteiger charge is -2.18. The van der Waals surface area contributed by atoms with Crippen LogP contribution < -0.4 is 5.32 Å². The van der Waals surface area contributed by atoms with Crippen molar-refractivity contribution in [2.75, 3.05) is 13.1 Å². The van der Waals surface area contributed by atoms with Crippen molar-refractivity contribution in [2.45, 2.75) is 31.7 Å². The summed E-state index contributed by atoms with van der Waals surface area (Å²) in [5.41, 5.74) is 1.04. The molecule has 1 aliphatic carbocycles. The number of allylic oxidation sites excluding steroid dienone is 2. The first kappa shape index (κ1) is 14.8. The molecule has 4 nitrogen and oxygen atoms in total. The van der Waals surface area contributed by atoms with Gasteiger partial charge in [-0.3, -0.25) is 9.59 Å². The highest BCUT2D eigenvalue weighted by Crippen LogP contribution is 2.19. The Labute approximate surface area is 131 Å². The van der Waals surface area contributed by atoms with Gasteiger partial charge in [-0.25, -0.2) is 0 Å². The predicted molar refractivity (Wildman–Crippen MR) is 85.1 cm³/mol. The Kier molecular flexibility index (Phi) is 4.56. The Morgan fingerprint density at radius 1 is 1.14 bits per heavy atom. The number of hydrogen-bond donors (Lipinski definition) is 1. The van der Waals surface area contributed by atoms with Crippen molar-refractivity contribution in [1.29, 1.82) is 0 Å². The van der Waals surface area contributed by atoms with Crippen LogP contribution in [0.2, 0.25) is 0 Å². The maximum atomic E-state index is 12.3. The van der Waals surface area contributed by atoms with E-state index in [1.807, 2.05) is 35.2 Å². The average Bonchev–Trinajstić information content (AvgIpc) is 3.19. The molecular weight excluding hydrogens is 276 g/mol. The lowest BCUT2D eigenvalue weighted by atomic mass is 10.1. The molecule has 1 N–H and O–H groups in total. The van der Waals surface area contributed by atoms with Crippen LogP contribution in [0.25, 0.3) is 0 Å². The Morgan fingerprint density at radius 2 is 1.86 bits per heavy atom. The number of likely N-dealkylation sites (tertiary alicyclic amines) is 1. The van der Waals surface area contributed by atoms with Crippen LogP contribution in [0.1, 0.15) is 24.8 Å². The van der Waals surface area contributed by atoms with Gasteiger partial charge in [0, 0.05) is 25.0 Å². The van der Waals surface area contributed by atoms with E-state index < -0.39 is 0 Å². The molecule has 4 heteroatoms. The van der Waals surface area contributed by atoms with Gasteiger partial charge in [-0.1, -0.05) is 42.5 Å². The minimum absolute atomic E-state index is 0.0917. The molecule has 0 radical (unpaired) electrons. The summed E-state index contributed by atoms with van der Waals surface area (Å²) >= 11 is 0. The van der Waals surface area contributed by atoms with Gasteiger partial charge in [0.1, 0.15) is 0 Å². The number of rotatable bonds is 4. The third-order valence-electron chi connectivity index (χ3n) is 4.46. The SMILES string of the molecule is O=C(N[C@H]1CCN(C(=O)Cc2ccccc2)C1)C1CC=CC1. The Morgan fingerprint density at radius 3 is 2.59 bits per heavy atom. The fourth-order valence-electron chi connectivity index (χ4n) is 3.14. The summed E-state index contributed by atoms with van der Waals surface area (Å²) in [7, 11) is 0. The molecule has 0 unspecified atom stereocenters. The first-order chi connectivity index (χ1) is 10.7. The number of amides is 2. The van der Waals surface area contributed by atoms with Crippen LogP contribution in [0.5, 0.6) is 0 Å². The predicted octanol–water partition coefficient (Wildman–Crippen LogP) is 1.91. The molecule has 0 spiro atoms. The van der Waals surface area contributed by atoms with Gasteiger partial charge in [0.25, 0.3) is 0 Å². The van der Waals surface area contributed by atoms with Crippen LogP contribution in [0.15, 0.2) is 42.5 Å². The van der Waals surface area contributed by atoms with Crippen molar-refractivity contribution in [2.24, 2.45) is 5.92 Å². The van der Waals surface area contributed by atoms with Gasteiger partial charge >= 0.3 is 0 Å². The third-order valence-corrected chi connectivity index (χ3v) is 4.46. The quantitative estimate of drug-likeness (QED) is 0.863. The van der Waals surface area contributed by atoms with Gasteiger partial charge in [-0.2, -0.15) is 0 Å². The van der Waals surface area contributed by atoms with Gasteiger partial charge < -0.3 is 10.2 Å². The van der Waals surface area contributed by atoms with E-state index >= 15 is 0 Å². The summed E-state index contributed by atoms with van der Waals surface area (Å²) in [5.74, 6) is 0.368. The minimum Gasteiger partial charge on any atom is -0.351 e. The molecule has 1 heterocycles. The molecule has 0 saturated carbocycles. The van der Waals surface area contributed by atoms with Crippen molar-refractivity contribution in [3.05, 3.63) is 48.0 Å². The molecule has 1 aromatic carbocycles. The third kappa shape index (κ3) is 3.56. The zero-order chi connectivity index (χ0) is 15.4. The zero-order valence-corrected chi connectivity index (χ0v) is 12.7. The van der Waals surface area contributed by atoms with Crippen LogP contribution in [0.4, 0.5) is 0 Å². The molecule has 1 fully saturated rings. The van der Waals surface area contributed by atoms with Crippen molar-refractivity contribution >= 4 is 11.8 Å². The molecule has 3 rings (SSSR count). The maximum absolute atomic E-state index is 12.3. The normalized spacial score (nSPS) is 21.3. The van der Waals surface area contributed by atoms with E-state index in [2.05, 4.69) is 17.5 Å². The summed E-state index contributed by atoms with van der Waals surface area (Å²) in [6.07, 6.45) is 7.11. The second-order valence-corrected chi connectivity index (χ2v) is 6.14. The average molecular weight is 298 g/mol. The summed E-state index contributed by atoms with van der Waals surface area (Å²) in [5, 5.41) is 3.10. The number of benzene rings is 1. The molecule has 22 heavy (non-hydrogen) atoms. The number of hydrogen-bond acceptors (Lipinski definition) is 2. The minimum atomic E-state index is 0.0917. The molecule has 1 saturated heterocycles. The lowest BCUT2D eigenvalue weighted by Crippen LogP contribution is -2.41. The van der Waals surface area contributed by atoms with Gasteiger partial charge in [0.2, 0.25) is 11.8 Å². The molecule has 1 aromatic rings. The van der Waals surface area contributed by atoms with Crippen LogP contribution in [-0.4, -0.2) is 35.8 Å². The molecule has 1 atom stereocenters. The van der Waals surface area contributed by atoms with Gasteiger partial charge in [-0.05, 0) is 24.8 Å². The molecule has 0 aromatic heterocycles. The Hall–Kier alpha value is -2.10. The van der Waals surface area contributed by atoms with E-state index in [4.69, 9.17) is 0 Å². The Bertz CT molecular complexity index is 560. The molecule has 2 amide bonds. The van der Waals surface area contributed by atoms with E-state index in [9.17, 15) is 9.59 Å². The fourth-order valence-corrected chi connectivity index (χ4v) is 3.14. The first-order valence-corrected chi connectivity index (χ1v) is 7.99. The number of nitrogens with one attached hydrogen (secondary N) is 1. The number of carbonyl (C=O) groups excluding carboxylic acids is 2.